The highest BCUT2D eigenvalue weighted by atomic mass is 32.2. The lowest BCUT2D eigenvalue weighted by Crippen LogP contribution is -2.37. The maximum Gasteiger partial charge on any atom is 0.235 e. The molecule has 1 aliphatic heterocycles. The van der Waals surface area contributed by atoms with Gasteiger partial charge in [0, 0.05) is 6.54 Å². The zero-order valence-corrected chi connectivity index (χ0v) is 9.87. The first-order chi connectivity index (χ1) is 8.04. The van der Waals surface area contributed by atoms with Gasteiger partial charge in [-0.15, -0.1) is 0 Å². The van der Waals surface area contributed by atoms with Crippen molar-refractivity contribution in [2.24, 2.45) is 0 Å². The SMILES string of the molecule is N#Cc1cc(N2CCCCS2(=O)=O)ccc1F. The molecule has 6 heteroatoms. The van der Waals surface area contributed by atoms with Crippen LogP contribution >= 0.6 is 0 Å². The van der Waals surface area contributed by atoms with Crippen LogP contribution in [0.15, 0.2) is 18.2 Å². The third kappa shape index (κ3) is 2.24. The standard InChI is InChI=1S/C11H11FN2O2S/c12-11-4-3-10(7-9(11)8-13)14-5-1-2-6-17(14,15)16/h3-4,7H,1-2,5-6H2. The van der Waals surface area contributed by atoms with Crippen LogP contribution in [0.4, 0.5) is 10.1 Å². The Morgan fingerprint density at radius 1 is 1.35 bits per heavy atom. The van der Waals surface area contributed by atoms with E-state index in [0.717, 1.165) is 12.5 Å². The van der Waals surface area contributed by atoms with Gasteiger partial charge in [-0.2, -0.15) is 5.26 Å². The largest absolute Gasteiger partial charge is 0.270 e. The van der Waals surface area contributed by atoms with E-state index in [1.807, 2.05) is 0 Å². The summed E-state index contributed by atoms with van der Waals surface area (Å²) in [5.74, 6) is -0.530. The summed E-state index contributed by atoms with van der Waals surface area (Å²) in [6.45, 7) is 0.388. The zero-order valence-electron chi connectivity index (χ0n) is 9.06. The summed E-state index contributed by atoms with van der Waals surface area (Å²) in [7, 11) is -3.31. The van der Waals surface area contributed by atoms with Crippen molar-refractivity contribution in [2.75, 3.05) is 16.6 Å². The van der Waals surface area contributed by atoms with E-state index >= 15 is 0 Å². The van der Waals surface area contributed by atoms with Crippen molar-refractivity contribution in [2.45, 2.75) is 12.8 Å². The van der Waals surface area contributed by atoms with Crippen molar-refractivity contribution in [3.63, 3.8) is 0 Å². The zero-order chi connectivity index (χ0) is 12.5. The summed E-state index contributed by atoms with van der Waals surface area (Å²) in [4.78, 5) is 0. The molecule has 1 saturated heterocycles. The van der Waals surface area contributed by atoms with E-state index in [2.05, 4.69) is 0 Å². The van der Waals surface area contributed by atoms with Crippen LogP contribution in [-0.4, -0.2) is 20.7 Å². The molecule has 90 valence electrons. The number of nitrogens with zero attached hydrogens (tertiary/aromatic N) is 2. The number of anilines is 1. The van der Waals surface area contributed by atoms with Crippen molar-refractivity contribution in [3.8, 4) is 6.07 Å². The first kappa shape index (κ1) is 11.9. The number of sulfonamides is 1. The lowest BCUT2D eigenvalue weighted by Gasteiger charge is -2.28. The van der Waals surface area contributed by atoms with E-state index in [-0.39, 0.29) is 11.3 Å². The Labute approximate surface area is 99.3 Å². The van der Waals surface area contributed by atoms with Gasteiger partial charge in [-0.1, -0.05) is 0 Å². The Morgan fingerprint density at radius 3 is 2.76 bits per heavy atom. The molecule has 1 aliphatic rings. The minimum atomic E-state index is -3.31. The van der Waals surface area contributed by atoms with E-state index in [1.54, 1.807) is 6.07 Å². The number of nitriles is 1. The van der Waals surface area contributed by atoms with Crippen molar-refractivity contribution in [1.29, 1.82) is 5.26 Å². The van der Waals surface area contributed by atoms with Gasteiger partial charge >= 0.3 is 0 Å². The van der Waals surface area contributed by atoms with Crippen LogP contribution in [-0.2, 0) is 10.0 Å². The highest BCUT2D eigenvalue weighted by Crippen LogP contribution is 2.25. The van der Waals surface area contributed by atoms with Crippen LogP contribution in [0.5, 0.6) is 0 Å². The molecule has 1 heterocycles. The van der Waals surface area contributed by atoms with E-state index in [0.29, 0.717) is 18.7 Å². The molecule has 2 rings (SSSR count). The normalized spacial score (nSPS) is 18.7. The second kappa shape index (κ2) is 4.34. The third-order valence-electron chi connectivity index (χ3n) is 2.71. The molecular formula is C11H11FN2O2S. The Kier molecular flexibility index (Phi) is 3.03. The van der Waals surface area contributed by atoms with Gasteiger partial charge in [0.25, 0.3) is 0 Å². The topological polar surface area (TPSA) is 61.2 Å². The molecule has 4 nitrogen and oxygen atoms in total. The van der Waals surface area contributed by atoms with Crippen molar-refractivity contribution >= 4 is 15.7 Å². The molecule has 0 saturated carbocycles. The fraction of sp³-hybridized carbons (Fsp3) is 0.364. The fourth-order valence-electron chi connectivity index (χ4n) is 1.83. The molecule has 0 amide bonds. The predicted octanol–water partition coefficient (Wildman–Crippen LogP) is 1.63. The van der Waals surface area contributed by atoms with Crippen LogP contribution in [0.1, 0.15) is 18.4 Å². The molecule has 0 unspecified atom stereocenters. The number of hydrogen-bond acceptors (Lipinski definition) is 3. The van der Waals surface area contributed by atoms with Crippen molar-refractivity contribution in [3.05, 3.63) is 29.6 Å². The van der Waals surface area contributed by atoms with Crippen molar-refractivity contribution < 1.29 is 12.8 Å². The molecular weight excluding hydrogens is 243 g/mol. The Bertz CT molecular complexity index is 578. The van der Waals surface area contributed by atoms with Gasteiger partial charge in [0.2, 0.25) is 10.0 Å². The van der Waals surface area contributed by atoms with Crippen LogP contribution in [0.2, 0.25) is 0 Å². The predicted molar refractivity (Wildman–Crippen MR) is 61.5 cm³/mol. The minimum absolute atomic E-state index is 0.103. The smallest absolute Gasteiger partial charge is 0.235 e. The van der Waals surface area contributed by atoms with Gasteiger partial charge < -0.3 is 0 Å². The van der Waals surface area contributed by atoms with Gasteiger partial charge in [0.1, 0.15) is 11.9 Å². The van der Waals surface area contributed by atoms with Crippen molar-refractivity contribution in [1.82, 2.24) is 0 Å². The van der Waals surface area contributed by atoms with Crippen LogP contribution in [0, 0.1) is 17.1 Å². The summed E-state index contributed by atoms with van der Waals surface area (Å²) in [6.07, 6.45) is 1.42. The fourth-order valence-corrected chi connectivity index (χ4v) is 3.46. The van der Waals surface area contributed by atoms with Crippen LogP contribution < -0.4 is 4.31 Å². The molecule has 1 fully saturated rings. The molecule has 17 heavy (non-hydrogen) atoms. The van der Waals surface area contributed by atoms with E-state index in [1.165, 1.54) is 16.4 Å². The molecule has 0 radical (unpaired) electrons. The summed E-state index contributed by atoms with van der Waals surface area (Å²) in [5, 5.41) is 8.71. The lowest BCUT2D eigenvalue weighted by molar-refractivity contribution is 0.574. The van der Waals surface area contributed by atoms with E-state index in [4.69, 9.17) is 5.26 Å². The average molecular weight is 254 g/mol. The van der Waals surface area contributed by atoms with Gasteiger partial charge in [-0.3, -0.25) is 4.31 Å². The number of halogens is 1. The minimum Gasteiger partial charge on any atom is -0.270 e. The molecule has 1 aromatic rings. The third-order valence-corrected chi connectivity index (χ3v) is 4.58. The molecule has 1 aromatic carbocycles. The Hall–Kier alpha value is -1.61. The quantitative estimate of drug-likeness (QED) is 0.765. The molecule has 0 aromatic heterocycles. The van der Waals surface area contributed by atoms with Gasteiger partial charge in [-0.05, 0) is 31.0 Å². The first-order valence-electron chi connectivity index (χ1n) is 5.25. The first-order valence-corrected chi connectivity index (χ1v) is 6.85. The highest BCUT2D eigenvalue weighted by molar-refractivity contribution is 7.92. The molecule has 0 atom stereocenters. The average Bonchev–Trinajstić information content (AvgIpc) is 2.30. The second-order valence-corrected chi connectivity index (χ2v) is 5.88. The molecule has 0 aliphatic carbocycles. The Balaban J connectivity index is 2.44. The van der Waals surface area contributed by atoms with Crippen LogP contribution in [0.25, 0.3) is 0 Å². The monoisotopic (exact) mass is 254 g/mol. The maximum atomic E-state index is 13.1. The summed E-state index contributed by atoms with van der Waals surface area (Å²) in [6, 6.07) is 5.49. The van der Waals surface area contributed by atoms with Crippen LogP contribution in [0.3, 0.4) is 0 Å². The number of rotatable bonds is 1. The maximum absolute atomic E-state index is 13.1. The molecule has 0 N–H and O–H groups in total. The van der Waals surface area contributed by atoms with Gasteiger partial charge in [0.15, 0.2) is 0 Å². The van der Waals surface area contributed by atoms with E-state index in [9.17, 15) is 12.8 Å². The summed E-state index contributed by atoms with van der Waals surface area (Å²) >= 11 is 0. The number of hydrogen-bond donors (Lipinski definition) is 0. The molecule has 0 bridgehead atoms. The molecule has 0 spiro atoms. The van der Waals surface area contributed by atoms with Gasteiger partial charge in [0.05, 0.1) is 17.0 Å². The lowest BCUT2D eigenvalue weighted by atomic mass is 10.2. The highest BCUT2D eigenvalue weighted by Gasteiger charge is 2.26. The number of benzene rings is 1. The Morgan fingerprint density at radius 2 is 2.12 bits per heavy atom. The van der Waals surface area contributed by atoms with Gasteiger partial charge in [-0.25, -0.2) is 12.8 Å². The van der Waals surface area contributed by atoms with E-state index < -0.39 is 15.8 Å². The summed E-state index contributed by atoms with van der Waals surface area (Å²) in [5.41, 5.74) is 0.228. The second-order valence-electron chi connectivity index (χ2n) is 3.87. The summed E-state index contributed by atoms with van der Waals surface area (Å²) < 4.78 is 38.0.